The Bertz CT molecular complexity index is 454. The summed E-state index contributed by atoms with van der Waals surface area (Å²) in [7, 11) is 1.76. The van der Waals surface area contributed by atoms with E-state index < -0.39 is 5.82 Å². The lowest BCUT2D eigenvalue weighted by Gasteiger charge is -2.11. The van der Waals surface area contributed by atoms with E-state index in [1.165, 1.54) is 12.1 Å². The van der Waals surface area contributed by atoms with Crippen LogP contribution in [0.4, 0.5) is 10.1 Å². The Hall–Kier alpha value is -1.93. The lowest BCUT2D eigenvalue weighted by molar-refractivity contribution is -0.119. The van der Waals surface area contributed by atoms with Crippen molar-refractivity contribution in [1.29, 1.82) is 5.26 Å². The number of nitrogens with zero attached hydrogens (tertiary/aromatic N) is 1. The average molecular weight is 235 g/mol. The molecule has 1 aromatic carbocycles. The minimum atomic E-state index is -0.589. The van der Waals surface area contributed by atoms with Crippen LogP contribution in [0.3, 0.4) is 0 Å². The molecule has 5 heteroatoms. The first kappa shape index (κ1) is 13.1. The Morgan fingerprint density at radius 3 is 2.88 bits per heavy atom. The van der Waals surface area contributed by atoms with E-state index in [-0.39, 0.29) is 17.4 Å². The molecule has 1 amide bonds. The summed E-state index contributed by atoms with van der Waals surface area (Å²) < 4.78 is 13.0. The van der Waals surface area contributed by atoms with Gasteiger partial charge in [-0.2, -0.15) is 5.26 Å². The molecule has 4 nitrogen and oxygen atoms in total. The van der Waals surface area contributed by atoms with Gasteiger partial charge in [-0.3, -0.25) is 4.79 Å². The highest BCUT2D eigenvalue weighted by molar-refractivity contribution is 5.92. The SMILES string of the molecule is CNCC(C)C(=O)Nc1ccc(F)c(C#N)c1. The molecule has 17 heavy (non-hydrogen) atoms. The fourth-order valence-corrected chi connectivity index (χ4v) is 1.35. The largest absolute Gasteiger partial charge is 0.326 e. The van der Waals surface area contributed by atoms with Gasteiger partial charge in [-0.25, -0.2) is 4.39 Å². The zero-order valence-electron chi connectivity index (χ0n) is 9.75. The fraction of sp³-hybridized carbons (Fsp3) is 0.333. The molecule has 0 spiro atoms. The molecule has 0 aliphatic rings. The van der Waals surface area contributed by atoms with Gasteiger partial charge in [0, 0.05) is 18.2 Å². The van der Waals surface area contributed by atoms with Gasteiger partial charge in [-0.15, -0.1) is 0 Å². The van der Waals surface area contributed by atoms with Crippen molar-refractivity contribution >= 4 is 11.6 Å². The van der Waals surface area contributed by atoms with Crippen LogP contribution in [0.15, 0.2) is 18.2 Å². The van der Waals surface area contributed by atoms with Crippen molar-refractivity contribution in [1.82, 2.24) is 5.32 Å². The van der Waals surface area contributed by atoms with E-state index in [1.54, 1.807) is 20.0 Å². The number of carbonyl (C=O) groups excluding carboxylic acids is 1. The molecule has 0 fully saturated rings. The van der Waals surface area contributed by atoms with Gasteiger partial charge in [0.15, 0.2) is 0 Å². The van der Waals surface area contributed by atoms with Crippen molar-refractivity contribution in [3.05, 3.63) is 29.6 Å². The topological polar surface area (TPSA) is 64.9 Å². The normalized spacial score (nSPS) is 11.6. The predicted molar refractivity (Wildman–Crippen MR) is 62.8 cm³/mol. The summed E-state index contributed by atoms with van der Waals surface area (Å²) in [4.78, 5) is 11.7. The standard InChI is InChI=1S/C12H14FN3O/c1-8(7-15-2)12(17)16-10-3-4-11(13)9(5-10)6-14/h3-5,8,15H,7H2,1-2H3,(H,16,17). The zero-order chi connectivity index (χ0) is 12.8. The Labute approximate surface area is 99.4 Å². The van der Waals surface area contributed by atoms with E-state index in [4.69, 9.17) is 5.26 Å². The number of anilines is 1. The van der Waals surface area contributed by atoms with Crippen LogP contribution in [0.2, 0.25) is 0 Å². The highest BCUT2D eigenvalue weighted by Gasteiger charge is 2.12. The summed E-state index contributed by atoms with van der Waals surface area (Å²) in [5, 5.41) is 14.2. The van der Waals surface area contributed by atoms with Gasteiger partial charge >= 0.3 is 0 Å². The molecule has 0 radical (unpaired) electrons. The second kappa shape index (κ2) is 5.97. The quantitative estimate of drug-likeness (QED) is 0.831. The Morgan fingerprint density at radius 1 is 1.59 bits per heavy atom. The number of halogens is 1. The van der Waals surface area contributed by atoms with Gasteiger partial charge in [-0.05, 0) is 25.2 Å². The monoisotopic (exact) mass is 235 g/mol. The summed E-state index contributed by atoms with van der Waals surface area (Å²) in [6.45, 7) is 2.33. The molecular weight excluding hydrogens is 221 g/mol. The maximum absolute atomic E-state index is 13.0. The molecule has 0 bridgehead atoms. The zero-order valence-corrected chi connectivity index (χ0v) is 9.75. The third kappa shape index (κ3) is 3.54. The molecule has 0 saturated carbocycles. The van der Waals surface area contributed by atoms with Crippen LogP contribution < -0.4 is 10.6 Å². The number of amides is 1. The number of nitrogens with one attached hydrogen (secondary N) is 2. The molecule has 0 aliphatic heterocycles. The molecule has 0 aromatic heterocycles. The van der Waals surface area contributed by atoms with E-state index in [9.17, 15) is 9.18 Å². The van der Waals surface area contributed by atoms with Crippen molar-refractivity contribution in [2.24, 2.45) is 5.92 Å². The Morgan fingerprint density at radius 2 is 2.29 bits per heavy atom. The number of hydrogen-bond donors (Lipinski definition) is 2. The van der Waals surface area contributed by atoms with Crippen molar-refractivity contribution in [3.63, 3.8) is 0 Å². The summed E-state index contributed by atoms with van der Waals surface area (Å²) >= 11 is 0. The smallest absolute Gasteiger partial charge is 0.228 e. The van der Waals surface area contributed by atoms with Crippen molar-refractivity contribution in [3.8, 4) is 6.07 Å². The van der Waals surface area contributed by atoms with Gasteiger partial charge < -0.3 is 10.6 Å². The number of carbonyl (C=O) groups is 1. The first-order valence-electron chi connectivity index (χ1n) is 5.23. The van der Waals surface area contributed by atoms with Crippen LogP contribution in [-0.2, 0) is 4.79 Å². The maximum atomic E-state index is 13.0. The molecule has 0 heterocycles. The molecule has 1 aromatic rings. The average Bonchev–Trinajstić information content (AvgIpc) is 2.31. The second-order valence-corrected chi connectivity index (χ2v) is 3.75. The predicted octanol–water partition coefficient (Wildman–Crippen LogP) is 1.49. The van der Waals surface area contributed by atoms with E-state index in [0.717, 1.165) is 6.07 Å². The second-order valence-electron chi connectivity index (χ2n) is 3.75. The third-order valence-electron chi connectivity index (χ3n) is 2.31. The third-order valence-corrected chi connectivity index (χ3v) is 2.31. The minimum absolute atomic E-state index is 0.0796. The molecule has 90 valence electrons. The van der Waals surface area contributed by atoms with Crippen LogP contribution in [0.25, 0.3) is 0 Å². The maximum Gasteiger partial charge on any atom is 0.228 e. The summed E-state index contributed by atoms with van der Waals surface area (Å²) in [6, 6.07) is 5.64. The van der Waals surface area contributed by atoms with E-state index in [0.29, 0.717) is 12.2 Å². The van der Waals surface area contributed by atoms with Crippen molar-refractivity contribution in [2.75, 3.05) is 18.9 Å². The fourth-order valence-electron chi connectivity index (χ4n) is 1.35. The number of benzene rings is 1. The first-order chi connectivity index (χ1) is 8.08. The lowest BCUT2D eigenvalue weighted by Crippen LogP contribution is -2.28. The van der Waals surface area contributed by atoms with Crippen LogP contribution in [0, 0.1) is 23.1 Å². The van der Waals surface area contributed by atoms with Crippen molar-refractivity contribution in [2.45, 2.75) is 6.92 Å². The van der Waals surface area contributed by atoms with E-state index in [1.807, 2.05) is 0 Å². The van der Waals surface area contributed by atoms with Crippen LogP contribution >= 0.6 is 0 Å². The Balaban J connectivity index is 2.76. The van der Waals surface area contributed by atoms with Crippen LogP contribution in [-0.4, -0.2) is 19.5 Å². The Kier molecular flexibility index (Phi) is 4.61. The van der Waals surface area contributed by atoms with Crippen LogP contribution in [0.1, 0.15) is 12.5 Å². The van der Waals surface area contributed by atoms with Gasteiger partial charge in [0.05, 0.1) is 5.56 Å². The molecule has 1 atom stereocenters. The molecular formula is C12H14FN3O. The van der Waals surface area contributed by atoms with Gasteiger partial charge in [0.2, 0.25) is 5.91 Å². The number of rotatable bonds is 4. The van der Waals surface area contributed by atoms with Crippen molar-refractivity contribution < 1.29 is 9.18 Å². The first-order valence-corrected chi connectivity index (χ1v) is 5.23. The summed E-state index contributed by atoms with van der Waals surface area (Å²) in [5.41, 5.74) is 0.347. The summed E-state index contributed by atoms with van der Waals surface area (Å²) in [5.74, 6) is -0.959. The molecule has 1 unspecified atom stereocenters. The van der Waals surface area contributed by atoms with Gasteiger partial charge in [-0.1, -0.05) is 6.92 Å². The van der Waals surface area contributed by atoms with Crippen LogP contribution in [0.5, 0.6) is 0 Å². The number of nitriles is 1. The highest BCUT2D eigenvalue weighted by Crippen LogP contribution is 2.14. The number of hydrogen-bond acceptors (Lipinski definition) is 3. The summed E-state index contributed by atoms with van der Waals surface area (Å²) in [6.07, 6.45) is 0. The molecule has 0 saturated heterocycles. The molecule has 2 N–H and O–H groups in total. The van der Waals surface area contributed by atoms with Gasteiger partial charge in [0.1, 0.15) is 11.9 Å². The van der Waals surface area contributed by atoms with E-state index >= 15 is 0 Å². The van der Waals surface area contributed by atoms with Gasteiger partial charge in [0.25, 0.3) is 0 Å². The molecule has 0 aliphatic carbocycles. The lowest BCUT2D eigenvalue weighted by atomic mass is 10.1. The molecule has 1 rings (SSSR count). The minimum Gasteiger partial charge on any atom is -0.326 e. The van der Waals surface area contributed by atoms with E-state index in [2.05, 4.69) is 10.6 Å². The highest BCUT2D eigenvalue weighted by atomic mass is 19.1.